The Labute approximate surface area is 108 Å². The van der Waals surface area contributed by atoms with Crippen molar-refractivity contribution in [3.05, 3.63) is 42.6 Å². The molecule has 0 aliphatic heterocycles. The quantitative estimate of drug-likeness (QED) is 0.574. The first-order chi connectivity index (χ1) is 8.03. The smallest absolute Gasteiger partial charge is 0.0491 e. The Kier molecular flexibility index (Phi) is 3.09. The number of thioether (sulfide) groups is 1. The van der Waals surface area contributed by atoms with E-state index in [9.17, 15) is 0 Å². The molecule has 1 nitrogen and oxygen atoms in total. The van der Waals surface area contributed by atoms with Crippen molar-refractivity contribution in [2.75, 3.05) is 6.26 Å². The van der Waals surface area contributed by atoms with Gasteiger partial charge in [0.25, 0.3) is 0 Å². The number of aromatic nitrogens is 1. The molecule has 0 N–H and O–H groups in total. The van der Waals surface area contributed by atoms with Crippen molar-refractivity contribution in [1.29, 1.82) is 0 Å². The second-order valence-corrected chi connectivity index (χ2v) is 5.70. The fourth-order valence-corrected chi connectivity index (χ4v) is 3.37. The van der Waals surface area contributed by atoms with Gasteiger partial charge in [-0.15, -0.1) is 18.3 Å². The Bertz CT molecular complexity index is 564. The molecule has 0 bridgehead atoms. The molecule has 0 spiro atoms. The molecule has 0 aliphatic rings. The van der Waals surface area contributed by atoms with Crippen LogP contribution in [0.5, 0.6) is 0 Å². The first-order valence-corrected chi connectivity index (χ1v) is 7.01. The number of aryl methyl sites for hydroxylation is 1. The fraction of sp³-hybridized carbons (Fsp3) is 0.333. The van der Waals surface area contributed by atoms with Gasteiger partial charge in [-0.25, -0.2) is 0 Å². The second-order valence-electron chi connectivity index (χ2n) is 4.88. The van der Waals surface area contributed by atoms with Gasteiger partial charge < -0.3 is 4.57 Å². The molecular weight excluding hydrogens is 226 g/mol. The maximum absolute atomic E-state index is 3.97. The van der Waals surface area contributed by atoms with E-state index in [0.717, 1.165) is 0 Å². The highest BCUT2D eigenvalue weighted by atomic mass is 32.2. The van der Waals surface area contributed by atoms with Gasteiger partial charge in [-0.2, -0.15) is 0 Å². The third-order valence-corrected chi connectivity index (χ3v) is 4.21. The van der Waals surface area contributed by atoms with Crippen molar-refractivity contribution in [3.63, 3.8) is 0 Å². The lowest BCUT2D eigenvalue weighted by Crippen LogP contribution is -2.18. The summed E-state index contributed by atoms with van der Waals surface area (Å²) in [4.78, 5) is 1.37. The average molecular weight is 245 g/mol. The Morgan fingerprint density at radius 2 is 1.94 bits per heavy atom. The molecule has 2 heteroatoms. The van der Waals surface area contributed by atoms with E-state index in [1.807, 2.05) is 17.8 Å². The number of para-hydroxylation sites is 1. The monoisotopic (exact) mass is 245 g/mol. The first-order valence-electron chi connectivity index (χ1n) is 5.78. The molecule has 2 aromatic rings. The molecule has 2 rings (SSSR count). The van der Waals surface area contributed by atoms with E-state index in [0.29, 0.717) is 0 Å². The van der Waals surface area contributed by atoms with Crippen LogP contribution in [-0.4, -0.2) is 10.8 Å². The van der Waals surface area contributed by atoms with Gasteiger partial charge in [0.1, 0.15) is 0 Å². The summed E-state index contributed by atoms with van der Waals surface area (Å²) in [6.45, 7) is 8.41. The van der Waals surface area contributed by atoms with E-state index in [2.05, 4.69) is 62.6 Å². The molecule has 0 amide bonds. The van der Waals surface area contributed by atoms with Crippen LogP contribution in [0.2, 0.25) is 0 Å². The highest BCUT2D eigenvalue weighted by Crippen LogP contribution is 2.39. The molecule has 0 saturated heterocycles. The van der Waals surface area contributed by atoms with Gasteiger partial charge in [0.15, 0.2) is 0 Å². The Hall–Kier alpha value is -1.15. The normalized spacial score (nSPS) is 12.0. The van der Waals surface area contributed by atoms with E-state index in [4.69, 9.17) is 0 Å². The molecule has 0 aliphatic carbocycles. The van der Waals surface area contributed by atoms with Crippen molar-refractivity contribution >= 4 is 22.7 Å². The lowest BCUT2D eigenvalue weighted by molar-refractivity contribution is 0.600. The molecule has 0 saturated carbocycles. The van der Waals surface area contributed by atoms with Gasteiger partial charge >= 0.3 is 0 Å². The fourth-order valence-electron chi connectivity index (χ4n) is 2.39. The van der Waals surface area contributed by atoms with E-state index >= 15 is 0 Å². The predicted molar refractivity (Wildman–Crippen MR) is 77.9 cm³/mol. The Morgan fingerprint density at radius 1 is 1.29 bits per heavy atom. The van der Waals surface area contributed by atoms with Crippen molar-refractivity contribution in [2.45, 2.75) is 24.2 Å². The first kappa shape index (κ1) is 12.3. The zero-order valence-corrected chi connectivity index (χ0v) is 11.8. The number of rotatable bonds is 3. The van der Waals surface area contributed by atoms with Crippen molar-refractivity contribution in [2.24, 2.45) is 7.05 Å². The number of allylic oxidation sites excluding steroid dienone is 1. The number of benzene rings is 1. The highest BCUT2D eigenvalue weighted by molar-refractivity contribution is 7.98. The SMILES string of the molecule is C=CC(C)(C)c1c(SC)c2ccccc2n1C. The summed E-state index contributed by atoms with van der Waals surface area (Å²) in [6, 6.07) is 8.57. The average Bonchev–Trinajstić information content (AvgIpc) is 2.63. The summed E-state index contributed by atoms with van der Waals surface area (Å²) in [7, 11) is 2.14. The molecule has 0 unspecified atom stereocenters. The number of nitrogens with zero attached hydrogens (tertiary/aromatic N) is 1. The third-order valence-electron chi connectivity index (χ3n) is 3.39. The summed E-state index contributed by atoms with van der Waals surface area (Å²) in [6.07, 6.45) is 4.17. The van der Waals surface area contributed by atoms with Crippen LogP contribution in [0.3, 0.4) is 0 Å². The van der Waals surface area contributed by atoms with Crippen molar-refractivity contribution < 1.29 is 0 Å². The maximum atomic E-state index is 3.97. The predicted octanol–water partition coefficient (Wildman–Crippen LogP) is 4.36. The molecular formula is C15H19NS. The minimum Gasteiger partial charge on any atom is -0.346 e. The molecule has 1 aromatic heterocycles. The molecule has 0 atom stereocenters. The number of fused-ring (bicyclic) bond motifs is 1. The van der Waals surface area contributed by atoms with Gasteiger partial charge in [0, 0.05) is 34.0 Å². The molecule has 0 radical (unpaired) electrons. The minimum absolute atomic E-state index is 0.00782. The lowest BCUT2D eigenvalue weighted by atomic mass is 9.89. The third kappa shape index (κ3) is 1.81. The summed E-state index contributed by atoms with van der Waals surface area (Å²) < 4.78 is 2.29. The van der Waals surface area contributed by atoms with E-state index < -0.39 is 0 Å². The molecule has 90 valence electrons. The van der Waals surface area contributed by atoms with Crippen LogP contribution in [0.15, 0.2) is 41.8 Å². The summed E-state index contributed by atoms with van der Waals surface area (Å²) >= 11 is 1.82. The van der Waals surface area contributed by atoms with Crippen LogP contribution >= 0.6 is 11.8 Å². The van der Waals surface area contributed by atoms with Gasteiger partial charge in [-0.1, -0.05) is 38.1 Å². The lowest BCUT2D eigenvalue weighted by Gasteiger charge is -2.23. The zero-order chi connectivity index (χ0) is 12.6. The topological polar surface area (TPSA) is 4.93 Å². The van der Waals surface area contributed by atoms with E-state index in [-0.39, 0.29) is 5.41 Å². The molecule has 1 aromatic carbocycles. The van der Waals surface area contributed by atoms with Gasteiger partial charge in [-0.05, 0) is 12.3 Å². The van der Waals surface area contributed by atoms with Crippen LogP contribution in [0.1, 0.15) is 19.5 Å². The summed E-state index contributed by atoms with van der Waals surface area (Å²) in [5.41, 5.74) is 2.63. The Morgan fingerprint density at radius 3 is 2.53 bits per heavy atom. The van der Waals surface area contributed by atoms with Crippen LogP contribution in [0.4, 0.5) is 0 Å². The largest absolute Gasteiger partial charge is 0.346 e. The van der Waals surface area contributed by atoms with Crippen LogP contribution in [0.25, 0.3) is 10.9 Å². The summed E-state index contributed by atoms with van der Waals surface area (Å²) in [5, 5.41) is 1.34. The number of hydrogen-bond acceptors (Lipinski definition) is 1. The zero-order valence-electron chi connectivity index (χ0n) is 10.9. The maximum Gasteiger partial charge on any atom is 0.0491 e. The minimum atomic E-state index is -0.00782. The van der Waals surface area contributed by atoms with Crippen LogP contribution in [0, 0.1) is 0 Å². The van der Waals surface area contributed by atoms with E-state index in [1.165, 1.54) is 21.5 Å². The second kappa shape index (κ2) is 4.26. The van der Waals surface area contributed by atoms with Gasteiger partial charge in [-0.3, -0.25) is 0 Å². The molecule has 0 fully saturated rings. The molecule has 1 heterocycles. The Balaban J connectivity index is 2.87. The highest BCUT2D eigenvalue weighted by Gasteiger charge is 2.26. The van der Waals surface area contributed by atoms with Crippen LogP contribution in [-0.2, 0) is 12.5 Å². The van der Waals surface area contributed by atoms with Crippen molar-refractivity contribution in [3.8, 4) is 0 Å². The number of hydrogen-bond donors (Lipinski definition) is 0. The van der Waals surface area contributed by atoms with Gasteiger partial charge in [0.05, 0.1) is 0 Å². The van der Waals surface area contributed by atoms with Crippen LogP contribution < -0.4 is 0 Å². The molecule has 17 heavy (non-hydrogen) atoms. The standard InChI is InChI=1S/C15H19NS/c1-6-15(2,3)14-13(17-5)11-9-7-8-10-12(11)16(14)4/h6-10H,1H2,2-5H3. The van der Waals surface area contributed by atoms with E-state index in [1.54, 1.807) is 0 Å². The van der Waals surface area contributed by atoms with Crippen molar-refractivity contribution in [1.82, 2.24) is 4.57 Å². The summed E-state index contributed by atoms with van der Waals surface area (Å²) in [5.74, 6) is 0. The van der Waals surface area contributed by atoms with Gasteiger partial charge in [0.2, 0.25) is 0 Å².